The van der Waals surface area contributed by atoms with Gasteiger partial charge in [0, 0.05) is 19.1 Å². The SMILES string of the molecule is O=C(O)Cc1sc(C2CCOCC2)nc1Br. The van der Waals surface area contributed by atoms with Crippen molar-refractivity contribution in [2.24, 2.45) is 0 Å². The van der Waals surface area contributed by atoms with Gasteiger partial charge >= 0.3 is 5.97 Å². The molecule has 0 aromatic carbocycles. The van der Waals surface area contributed by atoms with Gasteiger partial charge in [0.15, 0.2) is 0 Å². The van der Waals surface area contributed by atoms with Crippen LogP contribution in [0.1, 0.15) is 28.6 Å². The summed E-state index contributed by atoms with van der Waals surface area (Å²) in [5.74, 6) is -0.388. The van der Waals surface area contributed by atoms with Crippen LogP contribution in [0.4, 0.5) is 0 Å². The van der Waals surface area contributed by atoms with Gasteiger partial charge in [-0.2, -0.15) is 0 Å². The minimum atomic E-state index is -0.817. The molecule has 1 N–H and O–H groups in total. The van der Waals surface area contributed by atoms with Crippen LogP contribution in [0.2, 0.25) is 0 Å². The monoisotopic (exact) mass is 305 g/mol. The molecule has 1 aromatic rings. The van der Waals surface area contributed by atoms with Crippen molar-refractivity contribution in [2.45, 2.75) is 25.2 Å². The number of nitrogens with zero attached hydrogens (tertiary/aromatic N) is 1. The third-order valence-corrected chi connectivity index (χ3v) is 4.68. The number of aromatic nitrogens is 1. The van der Waals surface area contributed by atoms with Crippen LogP contribution < -0.4 is 0 Å². The van der Waals surface area contributed by atoms with Gasteiger partial charge in [-0.25, -0.2) is 4.98 Å². The van der Waals surface area contributed by atoms with E-state index in [0.717, 1.165) is 35.9 Å². The van der Waals surface area contributed by atoms with Crippen LogP contribution in [0.15, 0.2) is 4.60 Å². The van der Waals surface area contributed by atoms with Gasteiger partial charge in [-0.15, -0.1) is 11.3 Å². The molecule has 0 saturated carbocycles. The van der Waals surface area contributed by atoms with Crippen molar-refractivity contribution in [1.82, 2.24) is 4.98 Å². The van der Waals surface area contributed by atoms with E-state index in [1.165, 1.54) is 11.3 Å². The second-order valence-electron chi connectivity index (χ2n) is 3.72. The van der Waals surface area contributed by atoms with Gasteiger partial charge in [0.25, 0.3) is 0 Å². The first-order valence-corrected chi connectivity index (χ1v) is 6.72. The molecule has 0 unspecified atom stereocenters. The number of thiazole rings is 1. The predicted molar refractivity (Wildman–Crippen MR) is 63.9 cm³/mol. The van der Waals surface area contributed by atoms with Crippen LogP contribution in [-0.2, 0) is 16.0 Å². The molecule has 1 aliphatic rings. The Morgan fingerprint density at radius 1 is 1.56 bits per heavy atom. The number of carbonyl (C=O) groups is 1. The highest BCUT2D eigenvalue weighted by Gasteiger charge is 2.21. The molecule has 0 radical (unpaired) electrons. The second-order valence-corrected chi connectivity index (χ2v) is 5.59. The number of aliphatic carboxylic acids is 1. The Morgan fingerprint density at radius 2 is 2.25 bits per heavy atom. The molecule has 1 aliphatic heterocycles. The summed E-state index contributed by atoms with van der Waals surface area (Å²) in [6.07, 6.45) is 2.00. The van der Waals surface area contributed by atoms with Crippen LogP contribution in [0.25, 0.3) is 0 Å². The van der Waals surface area contributed by atoms with Crippen molar-refractivity contribution in [3.05, 3.63) is 14.5 Å². The Hall–Kier alpha value is -0.460. The molecule has 0 bridgehead atoms. The minimum absolute atomic E-state index is 0.0431. The molecule has 1 saturated heterocycles. The lowest BCUT2D eigenvalue weighted by Crippen LogP contribution is -2.13. The standard InChI is InChI=1S/C10H12BrNO3S/c11-9-7(5-8(13)14)16-10(12-9)6-1-3-15-4-2-6/h6H,1-5H2,(H,13,14). The molecule has 88 valence electrons. The van der Waals surface area contributed by atoms with Gasteiger partial charge in [-0.1, -0.05) is 0 Å². The Kier molecular flexibility index (Phi) is 3.94. The summed E-state index contributed by atoms with van der Waals surface area (Å²) >= 11 is 4.82. The normalized spacial score (nSPS) is 17.6. The van der Waals surface area contributed by atoms with Crippen molar-refractivity contribution in [3.63, 3.8) is 0 Å². The maximum absolute atomic E-state index is 10.6. The number of ether oxygens (including phenoxy) is 1. The predicted octanol–water partition coefficient (Wildman–Crippen LogP) is 2.43. The van der Waals surface area contributed by atoms with Gasteiger partial charge in [0.05, 0.1) is 16.3 Å². The molecule has 2 heterocycles. The largest absolute Gasteiger partial charge is 0.481 e. The quantitative estimate of drug-likeness (QED) is 0.932. The van der Waals surface area contributed by atoms with Crippen LogP contribution in [0.3, 0.4) is 0 Å². The summed E-state index contributed by atoms with van der Waals surface area (Å²) in [6, 6.07) is 0. The summed E-state index contributed by atoms with van der Waals surface area (Å²) in [5.41, 5.74) is 0. The average molecular weight is 306 g/mol. The zero-order valence-electron chi connectivity index (χ0n) is 8.61. The summed E-state index contributed by atoms with van der Waals surface area (Å²) in [5, 5.41) is 9.78. The van der Waals surface area contributed by atoms with Crippen molar-refractivity contribution < 1.29 is 14.6 Å². The number of carboxylic acid groups (broad SMARTS) is 1. The van der Waals surface area contributed by atoms with E-state index in [1.807, 2.05) is 0 Å². The lowest BCUT2D eigenvalue weighted by atomic mass is 10.0. The lowest BCUT2D eigenvalue weighted by molar-refractivity contribution is -0.136. The number of hydrogen-bond donors (Lipinski definition) is 1. The topological polar surface area (TPSA) is 59.4 Å². The molecule has 0 atom stereocenters. The summed E-state index contributed by atoms with van der Waals surface area (Å²) < 4.78 is 5.98. The highest BCUT2D eigenvalue weighted by molar-refractivity contribution is 9.10. The number of hydrogen-bond acceptors (Lipinski definition) is 4. The Bertz CT molecular complexity index is 387. The third kappa shape index (κ3) is 2.81. The summed E-state index contributed by atoms with van der Waals surface area (Å²) in [7, 11) is 0. The molecule has 0 aliphatic carbocycles. The molecule has 16 heavy (non-hydrogen) atoms. The van der Waals surface area contributed by atoms with Gasteiger partial charge < -0.3 is 9.84 Å². The first kappa shape index (κ1) is 12.0. The molecule has 1 aromatic heterocycles. The lowest BCUT2D eigenvalue weighted by Gasteiger charge is -2.19. The van der Waals surface area contributed by atoms with Crippen LogP contribution >= 0.6 is 27.3 Å². The van der Waals surface area contributed by atoms with E-state index >= 15 is 0 Å². The van der Waals surface area contributed by atoms with Crippen LogP contribution in [-0.4, -0.2) is 29.3 Å². The van der Waals surface area contributed by atoms with E-state index in [1.54, 1.807) is 0 Å². The number of carboxylic acids is 1. The fraction of sp³-hybridized carbons (Fsp3) is 0.600. The van der Waals surface area contributed by atoms with Gasteiger partial charge in [0.1, 0.15) is 4.60 Å². The Labute approximate surface area is 106 Å². The number of rotatable bonds is 3. The molecule has 4 nitrogen and oxygen atoms in total. The molecule has 1 fully saturated rings. The van der Waals surface area contributed by atoms with Crippen LogP contribution in [0.5, 0.6) is 0 Å². The van der Waals surface area contributed by atoms with E-state index < -0.39 is 5.97 Å². The first-order valence-electron chi connectivity index (χ1n) is 5.11. The van der Waals surface area contributed by atoms with Crippen LogP contribution in [0, 0.1) is 0 Å². The Balaban J connectivity index is 2.12. The van der Waals surface area contributed by atoms with E-state index in [9.17, 15) is 4.79 Å². The highest BCUT2D eigenvalue weighted by Crippen LogP contribution is 2.34. The average Bonchev–Trinajstić information content (AvgIpc) is 2.61. The molecular formula is C10H12BrNO3S. The van der Waals surface area contributed by atoms with Crippen molar-refractivity contribution in [3.8, 4) is 0 Å². The molecule has 0 spiro atoms. The van der Waals surface area contributed by atoms with E-state index in [-0.39, 0.29) is 6.42 Å². The van der Waals surface area contributed by atoms with Crippen molar-refractivity contribution >= 4 is 33.2 Å². The second kappa shape index (κ2) is 5.25. The minimum Gasteiger partial charge on any atom is -0.481 e. The summed E-state index contributed by atoms with van der Waals surface area (Å²) in [4.78, 5) is 15.8. The van der Waals surface area contributed by atoms with Gasteiger partial charge in [0.2, 0.25) is 0 Å². The van der Waals surface area contributed by atoms with E-state index in [4.69, 9.17) is 9.84 Å². The smallest absolute Gasteiger partial charge is 0.308 e. The zero-order chi connectivity index (χ0) is 11.5. The maximum atomic E-state index is 10.6. The van der Waals surface area contributed by atoms with Crippen molar-refractivity contribution in [2.75, 3.05) is 13.2 Å². The zero-order valence-corrected chi connectivity index (χ0v) is 11.0. The maximum Gasteiger partial charge on any atom is 0.308 e. The summed E-state index contributed by atoms with van der Waals surface area (Å²) in [6.45, 7) is 1.55. The van der Waals surface area contributed by atoms with Gasteiger partial charge in [-0.3, -0.25) is 4.79 Å². The third-order valence-electron chi connectivity index (χ3n) is 2.55. The number of halogens is 1. The molecule has 6 heteroatoms. The molecular weight excluding hydrogens is 294 g/mol. The first-order chi connectivity index (χ1) is 7.66. The fourth-order valence-corrected chi connectivity index (χ4v) is 3.52. The van der Waals surface area contributed by atoms with Crippen molar-refractivity contribution in [1.29, 1.82) is 0 Å². The Morgan fingerprint density at radius 3 is 2.88 bits per heavy atom. The molecule has 0 amide bonds. The van der Waals surface area contributed by atoms with E-state index in [2.05, 4.69) is 20.9 Å². The fourth-order valence-electron chi connectivity index (χ4n) is 1.72. The highest BCUT2D eigenvalue weighted by atomic mass is 79.9. The van der Waals surface area contributed by atoms with Gasteiger partial charge in [-0.05, 0) is 28.8 Å². The molecule has 2 rings (SSSR count). The van der Waals surface area contributed by atoms with E-state index in [0.29, 0.717) is 10.5 Å².